The summed E-state index contributed by atoms with van der Waals surface area (Å²) in [7, 11) is 0. The van der Waals surface area contributed by atoms with Crippen LogP contribution < -0.4 is 0 Å². The summed E-state index contributed by atoms with van der Waals surface area (Å²) in [6, 6.07) is 0. The van der Waals surface area contributed by atoms with Crippen LogP contribution in [0.5, 0.6) is 0 Å². The summed E-state index contributed by atoms with van der Waals surface area (Å²) >= 11 is 0. The molecule has 1 atom stereocenters. The Morgan fingerprint density at radius 1 is 0.253 bits per heavy atom. The molecule has 83 heavy (non-hydrogen) atoms. The van der Waals surface area contributed by atoms with Crippen molar-refractivity contribution in [1.82, 2.24) is 0 Å². The lowest BCUT2D eigenvalue weighted by molar-refractivity contribution is -0.167. The number of hydrogen-bond acceptors (Lipinski definition) is 6. The summed E-state index contributed by atoms with van der Waals surface area (Å²) in [6.45, 7) is 6.54. The van der Waals surface area contributed by atoms with Crippen LogP contribution >= 0.6 is 0 Å². The van der Waals surface area contributed by atoms with Crippen LogP contribution in [0.25, 0.3) is 0 Å². The first-order chi connectivity index (χ1) is 41.0. The van der Waals surface area contributed by atoms with Crippen LogP contribution in [0.1, 0.15) is 355 Å². The van der Waals surface area contributed by atoms with Gasteiger partial charge in [-0.05, 0) is 122 Å². The Morgan fingerprint density at radius 3 is 0.759 bits per heavy atom. The lowest BCUT2D eigenvalue weighted by atomic mass is 10.0. The van der Waals surface area contributed by atoms with Crippen molar-refractivity contribution in [3.63, 3.8) is 0 Å². The summed E-state index contributed by atoms with van der Waals surface area (Å²) in [5, 5.41) is 0. The number of unbranched alkanes of at least 4 members (excludes halogenated alkanes) is 38. The first kappa shape index (κ1) is 79.3. The summed E-state index contributed by atoms with van der Waals surface area (Å²) in [6.07, 6.45) is 95.7. The third-order valence-electron chi connectivity index (χ3n) is 15.5. The average Bonchev–Trinajstić information content (AvgIpc) is 3.49. The monoisotopic (exact) mass is 1160 g/mol. The van der Waals surface area contributed by atoms with E-state index in [1.54, 1.807) is 0 Å². The van der Waals surface area contributed by atoms with Gasteiger partial charge < -0.3 is 14.2 Å². The van der Waals surface area contributed by atoms with Crippen molar-refractivity contribution in [1.29, 1.82) is 0 Å². The molecule has 0 rings (SSSR count). The molecule has 478 valence electrons. The van der Waals surface area contributed by atoms with E-state index in [1.165, 1.54) is 212 Å². The molecular formula is C77H134O6. The predicted molar refractivity (Wildman–Crippen MR) is 362 cm³/mol. The summed E-state index contributed by atoms with van der Waals surface area (Å²) in [5.74, 6) is -0.876. The Labute approximate surface area is 515 Å². The predicted octanol–water partition coefficient (Wildman–Crippen LogP) is 24.8. The molecule has 0 aromatic rings. The molecule has 1 unspecified atom stereocenters. The summed E-state index contributed by atoms with van der Waals surface area (Å²) < 4.78 is 17.0. The van der Waals surface area contributed by atoms with E-state index in [0.717, 1.165) is 103 Å². The van der Waals surface area contributed by atoms with Crippen molar-refractivity contribution in [3.8, 4) is 0 Å². The van der Waals surface area contributed by atoms with E-state index >= 15 is 0 Å². The molecule has 0 N–H and O–H groups in total. The minimum absolute atomic E-state index is 0.0804. The van der Waals surface area contributed by atoms with Crippen molar-refractivity contribution in [2.75, 3.05) is 13.2 Å². The minimum atomic E-state index is -0.786. The van der Waals surface area contributed by atoms with Gasteiger partial charge in [-0.15, -0.1) is 0 Å². The van der Waals surface area contributed by atoms with Crippen LogP contribution in [0.2, 0.25) is 0 Å². The van der Waals surface area contributed by atoms with Gasteiger partial charge in [0.15, 0.2) is 6.10 Å². The highest BCUT2D eigenvalue weighted by molar-refractivity contribution is 5.71. The molecule has 0 aromatic carbocycles. The van der Waals surface area contributed by atoms with E-state index < -0.39 is 6.10 Å². The molecule has 0 heterocycles. The molecule has 0 aliphatic heterocycles. The molecular weight excluding hydrogens is 1020 g/mol. The second-order valence-corrected chi connectivity index (χ2v) is 23.8. The Balaban J connectivity index is 4.32. The number of esters is 3. The largest absolute Gasteiger partial charge is 0.462 e. The summed E-state index contributed by atoms with van der Waals surface area (Å²) in [4.78, 5) is 38.5. The van der Waals surface area contributed by atoms with Crippen molar-refractivity contribution in [3.05, 3.63) is 97.2 Å². The zero-order chi connectivity index (χ0) is 59.9. The number of carbonyl (C=O) groups excluding carboxylic acids is 3. The third kappa shape index (κ3) is 69.0. The van der Waals surface area contributed by atoms with Crippen LogP contribution in [0, 0.1) is 0 Å². The van der Waals surface area contributed by atoms with Crippen LogP contribution in [0.15, 0.2) is 97.2 Å². The molecule has 0 aromatic heterocycles. The molecule has 0 aliphatic carbocycles. The lowest BCUT2D eigenvalue weighted by Crippen LogP contribution is -2.30. The molecule has 6 nitrogen and oxygen atoms in total. The van der Waals surface area contributed by atoms with Crippen molar-refractivity contribution in [2.24, 2.45) is 0 Å². The third-order valence-corrected chi connectivity index (χ3v) is 15.5. The van der Waals surface area contributed by atoms with Gasteiger partial charge >= 0.3 is 17.9 Å². The number of hydrogen-bond donors (Lipinski definition) is 0. The van der Waals surface area contributed by atoms with E-state index in [-0.39, 0.29) is 31.1 Å². The fourth-order valence-electron chi connectivity index (χ4n) is 10.2. The topological polar surface area (TPSA) is 78.9 Å². The molecule has 0 radical (unpaired) electrons. The SMILES string of the molecule is CC/C=C\C/C=C\C/C=C\C/C=C\C/C=C\CCCCCCCCCCCCCCCC(=O)OCC(COC(=O)CCCCCCCCC/C=C\CCCCCCCCC)OC(=O)CCCCCCCCC/C=C\C/C=C\CCCCCC. The van der Waals surface area contributed by atoms with E-state index in [0.29, 0.717) is 19.3 Å². The Bertz CT molecular complexity index is 1610. The Kier molecular flexibility index (Phi) is 67.7. The van der Waals surface area contributed by atoms with Gasteiger partial charge in [-0.1, -0.05) is 311 Å². The maximum atomic E-state index is 13.0. The Morgan fingerprint density at radius 2 is 0.470 bits per heavy atom. The maximum absolute atomic E-state index is 13.0. The summed E-state index contributed by atoms with van der Waals surface area (Å²) in [5.41, 5.74) is 0. The van der Waals surface area contributed by atoms with E-state index in [9.17, 15) is 14.4 Å². The van der Waals surface area contributed by atoms with Gasteiger partial charge in [0, 0.05) is 19.3 Å². The van der Waals surface area contributed by atoms with Crippen molar-refractivity contribution >= 4 is 17.9 Å². The van der Waals surface area contributed by atoms with Gasteiger partial charge in [0.25, 0.3) is 0 Å². The first-order valence-corrected chi connectivity index (χ1v) is 35.7. The highest BCUT2D eigenvalue weighted by Gasteiger charge is 2.19. The van der Waals surface area contributed by atoms with E-state index in [1.807, 2.05) is 0 Å². The molecule has 0 saturated heterocycles. The molecule has 0 spiro atoms. The van der Waals surface area contributed by atoms with Gasteiger partial charge in [0.1, 0.15) is 13.2 Å². The molecule has 0 bridgehead atoms. The van der Waals surface area contributed by atoms with Gasteiger partial charge in [-0.3, -0.25) is 14.4 Å². The average molecular weight is 1160 g/mol. The molecule has 6 heteroatoms. The van der Waals surface area contributed by atoms with Crippen molar-refractivity contribution < 1.29 is 28.6 Å². The van der Waals surface area contributed by atoms with Gasteiger partial charge in [0.05, 0.1) is 0 Å². The maximum Gasteiger partial charge on any atom is 0.306 e. The van der Waals surface area contributed by atoms with Crippen LogP contribution in [-0.2, 0) is 28.6 Å². The van der Waals surface area contributed by atoms with Gasteiger partial charge in [-0.25, -0.2) is 0 Å². The van der Waals surface area contributed by atoms with Gasteiger partial charge in [0.2, 0.25) is 0 Å². The highest BCUT2D eigenvalue weighted by atomic mass is 16.6. The quantitative estimate of drug-likeness (QED) is 0.0261. The van der Waals surface area contributed by atoms with Crippen LogP contribution in [0.4, 0.5) is 0 Å². The standard InChI is InChI=1S/C77H134O6/c1-4-7-10-13-16-19-22-25-28-31-34-35-36-37-38-39-40-41-42-43-44-47-49-52-55-58-61-64-67-70-76(79)82-73-74(83-77(80)71-68-65-62-59-56-53-50-46-33-30-27-24-21-18-15-12-9-6-3)72-81-75(78)69-66-63-60-57-54-51-48-45-32-29-26-23-20-17-14-11-8-5-2/h7,10,16,19,21,24-25,28-30,32-35,37-38,74H,4-6,8-9,11-15,17-18,20,22-23,26-27,31,36,39-73H2,1-3H3/b10-7-,19-16-,24-21-,28-25-,32-29-,33-30-,35-34-,38-37-. The number of carbonyl (C=O) groups is 3. The van der Waals surface area contributed by atoms with Crippen LogP contribution in [0.3, 0.4) is 0 Å². The zero-order valence-electron chi connectivity index (χ0n) is 54.9. The Hall–Kier alpha value is -3.67. The molecule has 0 fully saturated rings. The fraction of sp³-hybridized carbons (Fsp3) is 0.753. The minimum Gasteiger partial charge on any atom is -0.462 e. The zero-order valence-corrected chi connectivity index (χ0v) is 54.9. The molecule has 0 aliphatic rings. The fourth-order valence-corrected chi connectivity index (χ4v) is 10.2. The molecule has 0 saturated carbocycles. The lowest BCUT2D eigenvalue weighted by Gasteiger charge is -2.18. The van der Waals surface area contributed by atoms with E-state index in [2.05, 4.69) is 118 Å². The van der Waals surface area contributed by atoms with Crippen molar-refractivity contribution in [2.45, 2.75) is 361 Å². The molecule has 0 amide bonds. The second-order valence-electron chi connectivity index (χ2n) is 23.8. The number of ether oxygens (including phenoxy) is 3. The first-order valence-electron chi connectivity index (χ1n) is 35.7. The second kappa shape index (κ2) is 70.8. The number of allylic oxidation sites excluding steroid dienone is 16. The number of rotatable bonds is 65. The van der Waals surface area contributed by atoms with E-state index in [4.69, 9.17) is 14.2 Å². The highest BCUT2D eigenvalue weighted by Crippen LogP contribution is 2.17. The smallest absolute Gasteiger partial charge is 0.306 e. The van der Waals surface area contributed by atoms with Crippen LogP contribution in [-0.4, -0.2) is 37.2 Å². The van der Waals surface area contributed by atoms with Gasteiger partial charge in [-0.2, -0.15) is 0 Å². The normalized spacial score (nSPS) is 12.7.